The van der Waals surface area contributed by atoms with E-state index in [4.69, 9.17) is 4.74 Å². The number of benzene rings is 4. The Hall–Kier alpha value is -4.20. The Morgan fingerprint density at radius 2 is 1.43 bits per heavy atom. The molecule has 3 aliphatic heterocycles. The van der Waals surface area contributed by atoms with Crippen molar-refractivity contribution in [1.82, 2.24) is 4.31 Å². The van der Waals surface area contributed by atoms with Crippen LogP contribution in [-0.4, -0.2) is 31.5 Å². The van der Waals surface area contributed by atoms with Crippen LogP contribution in [0.25, 0.3) is 5.70 Å². The van der Waals surface area contributed by atoms with Crippen molar-refractivity contribution in [2.75, 3.05) is 11.5 Å². The van der Waals surface area contributed by atoms with E-state index in [0.29, 0.717) is 11.3 Å². The van der Waals surface area contributed by atoms with Crippen molar-refractivity contribution in [3.63, 3.8) is 0 Å². The van der Waals surface area contributed by atoms with Crippen LogP contribution in [-0.2, 0) is 19.6 Å². The monoisotopic (exact) mass is 548 g/mol. The molecule has 4 aromatic carbocycles. The van der Waals surface area contributed by atoms with E-state index in [2.05, 4.69) is 17.0 Å². The number of para-hydroxylation sites is 1. The minimum Gasteiger partial charge on any atom is -0.463 e. The number of ether oxygens (including phenoxy) is 1. The second kappa shape index (κ2) is 9.18. The second-order valence-electron chi connectivity index (χ2n) is 10.3. The molecule has 0 aromatic heterocycles. The SMILES string of the molecule is CCOC(=O)C1=C(c2ccccc2)N2c3ccccc3[C@@H]3c4ccccc4[C@H]1N(S(=O)(=O)c1ccc(C)cc1)[C@@H]32. The Kier molecular flexibility index (Phi) is 5.70. The van der Waals surface area contributed by atoms with Crippen molar-refractivity contribution in [3.05, 3.63) is 137 Å². The molecule has 6 nitrogen and oxygen atoms in total. The topological polar surface area (TPSA) is 66.9 Å². The van der Waals surface area contributed by atoms with Gasteiger partial charge in [0, 0.05) is 11.6 Å². The van der Waals surface area contributed by atoms with Gasteiger partial charge in [0.05, 0.1) is 28.8 Å². The van der Waals surface area contributed by atoms with Crippen LogP contribution in [0.1, 0.15) is 46.7 Å². The number of carbonyl (C=O) groups is 1. The minimum absolute atomic E-state index is 0.173. The number of fused-ring (bicyclic) bond motifs is 7. The van der Waals surface area contributed by atoms with Crippen LogP contribution in [0.5, 0.6) is 0 Å². The van der Waals surface area contributed by atoms with Gasteiger partial charge in [-0.15, -0.1) is 0 Å². The maximum Gasteiger partial charge on any atom is 0.338 e. The highest BCUT2D eigenvalue weighted by molar-refractivity contribution is 7.89. The lowest BCUT2D eigenvalue weighted by Crippen LogP contribution is -2.59. The largest absolute Gasteiger partial charge is 0.463 e. The second-order valence-corrected chi connectivity index (χ2v) is 12.2. The van der Waals surface area contributed by atoms with Gasteiger partial charge in [-0.05, 0) is 54.3 Å². The lowest BCUT2D eigenvalue weighted by molar-refractivity contribution is -0.139. The molecule has 40 heavy (non-hydrogen) atoms. The molecule has 0 saturated carbocycles. The zero-order chi connectivity index (χ0) is 27.6. The molecule has 0 fully saturated rings. The molecule has 0 radical (unpaired) electrons. The maximum atomic E-state index is 14.7. The number of hydrogen-bond donors (Lipinski definition) is 0. The van der Waals surface area contributed by atoms with Crippen molar-refractivity contribution in [2.45, 2.75) is 36.9 Å². The summed E-state index contributed by atoms with van der Waals surface area (Å²) in [4.78, 5) is 16.3. The fraction of sp³-hybridized carbons (Fsp3) is 0.182. The van der Waals surface area contributed by atoms with Crippen LogP contribution in [0.3, 0.4) is 0 Å². The van der Waals surface area contributed by atoms with E-state index < -0.39 is 28.2 Å². The first kappa shape index (κ1) is 24.8. The summed E-state index contributed by atoms with van der Waals surface area (Å²) in [5.41, 5.74) is 6.56. The summed E-state index contributed by atoms with van der Waals surface area (Å²) >= 11 is 0. The standard InChI is InChI=1S/C33H28N2O4S/c1-3-39-33(36)29-30(22-11-5-4-6-12-22)34-27-16-10-9-15-26(27)28-24-13-7-8-14-25(24)31(29)35(32(28)34)40(37,38)23-19-17-21(2)18-20-23/h4-20,28,31-32H,3H2,1-2H3/t28-,31+,32-/m0/s1. The summed E-state index contributed by atoms with van der Waals surface area (Å²) < 4.78 is 36.6. The number of carbonyl (C=O) groups excluding carboxylic acids is 1. The molecule has 7 heteroatoms. The number of hydrogen-bond acceptors (Lipinski definition) is 5. The molecule has 0 aliphatic carbocycles. The third kappa shape index (κ3) is 3.44. The highest BCUT2D eigenvalue weighted by atomic mass is 32.2. The summed E-state index contributed by atoms with van der Waals surface area (Å²) in [5.74, 6) is -0.766. The van der Waals surface area contributed by atoms with Gasteiger partial charge in [0.15, 0.2) is 0 Å². The molecule has 7 rings (SSSR count). The molecular weight excluding hydrogens is 520 g/mol. The van der Waals surface area contributed by atoms with Crippen LogP contribution in [0.15, 0.2) is 114 Å². The van der Waals surface area contributed by atoms with Gasteiger partial charge in [-0.3, -0.25) is 0 Å². The van der Waals surface area contributed by atoms with Gasteiger partial charge in [0.1, 0.15) is 6.17 Å². The van der Waals surface area contributed by atoms with Gasteiger partial charge >= 0.3 is 5.97 Å². The van der Waals surface area contributed by atoms with E-state index in [1.807, 2.05) is 85.8 Å². The summed E-state index contributed by atoms with van der Waals surface area (Å²) in [6, 6.07) is 31.7. The van der Waals surface area contributed by atoms with Gasteiger partial charge in [-0.25, -0.2) is 13.2 Å². The van der Waals surface area contributed by atoms with Crippen molar-refractivity contribution in [1.29, 1.82) is 0 Å². The van der Waals surface area contributed by atoms with Gasteiger partial charge in [0.25, 0.3) is 0 Å². The molecule has 0 N–H and O–H groups in total. The molecule has 0 saturated heterocycles. The van der Waals surface area contributed by atoms with E-state index in [9.17, 15) is 13.2 Å². The number of esters is 1. The smallest absolute Gasteiger partial charge is 0.338 e. The molecule has 2 bridgehead atoms. The molecule has 200 valence electrons. The first-order chi connectivity index (χ1) is 19.4. The average Bonchev–Trinajstić information content (AvgIpc) is 3.33. The molecule has 0 spiro atoms. The molecule has 0 unspecified atom stereocenters. The van der Waals surface area contributed by atoms with E-state index in [-0.39, 0.29) is 17.4 Å². The Morgan fingerprint density at radius 3 is 2.12 bits per heavy atom. The van der Waals surface area contributed by atoms with Crippen LogP contribution < -0.4 is 4.90 Å². The van der Waals surface area contributed by atoms with Gasteiger partial charge < -0.3 is 9.64 Å². The first-order valence-corrected chi connectivity index (χ1v) is 14.9. The molecular formula is C33H28N2O4S. The van der Waals surface area contributed by atoms with E-state index in [1.54, 1.807) is 23.4 Å². The Bertz CT molecular complexity index is 1780. The Balaban J connectivity index is 1.62. The number of aryl methyl sites for hydroxylation is 1. The lowest BCUT2D eigenvalue weighted by atomic mass is 9.77. The van der Waals surface area contributed by atoms with Crippen molar-refractivity contribution in [3.8, 4) is 0 Å². The molecule has 4 aromatic rings. The maximum absolute atomic E-state index is 14.7. The van der Waals surface area contributed by atoms with Crippen LogP contribution in [0, 0.1) is 6.92 Å². The predicted octanol–water partition coefficient (Wildman–Crippen LogP) is 6.01. The van der Waals surface area contributed by atoms with Crippen molar-refractivity contribution >= 4 is 27.4 Å². The van der Waals surface area contributed by atoms with E-state index in [1.165, 1.54) is 0 Å². The van der Waals surface area contributed by atoms with Gasteiger partial charge in [0.2, 0.25) is 10.0 Å². The number of sulfonamides is 1. The summed E-state index contributed by atoms with van der Waals surface area (Å²) in [5, 5.41) is 0. The number of rotatable bonds is 5. The third-order valence-electron chi connectivity index (χ3n) is 8.14. The van der Waals surface area contributed by atoms with Gasteiger partial charge in [-0.1, -0.05) is 90.5 Å². The predicted molar refractivity (Wildman–Crippen MR) is 154 cm³/mol. The molecule has 3 heterocycles. The fourth-order valence-electron chi connectivity index (χ4n) is 6.56. The highest BCUT2D eigenvalue weighted by Crippen LogP contribution is 2.61. The van der Waals surface area contributed by atoms with E-state index in [0.717, 1.165) is 33.5 Å². The lowest BCUT2D eigenvalue weighted by Gasteiger charge is -2.51. The summed E-state index contributed by atoms with van der Waals surface area (Å²) in [6.07, 6.45) is -0.600. The first-order valence-electron chi connectivity index (χ1n) is 13.5. The number of anilines is 1. The Labute approximate surface area is 234 Å². The quantitative estimate of drug-likeness (QED) is 0.286. The molecule has 3 aliphatic rings. The normalized spacial score (nSPS) is 21.1. The zero-order valence-corrected chi connectivity index (χ0v) is 23.0. The summed E-state index contributed by atoms with van der Waals surface area (Å²) in [7, 11) is -4.06. The summed E-state index contributed by atoms with van der Waals surface area (Å²) in [6.45, 7) is 3.87. The molecule has 0 amide bonds. The molecule has 3 atom stereocenters. The van der Waals surface area contributed by atoms with Crippen LogP contribution in [0.2, 0.25) is 0 Å². The fourth-order valence-corrected chi connectivity index (χ4v) is 8.28. The third-order valence-corrected chi connectivity index (χ3v) is 9.99. The number of nitrogens with zero attached hydrogens (tertiary/aromatic N) is 2. The Morgan fingerprint density at radius 1 is 0.800 bits per heavy atom. The average molecular weight is 549 g/mol. The van der Waals surface area contributed by atoms with E-state index >= 15 is 0 Å². The zero-order valence-electron chi connectivity index (χ0n) is 22.2. The minimum atomic E-state index is -4.06. The van der Waals surface area contributed by atoms with Crippen LogP contribution in [0.4, 0.5) is 5.69 Å². The van der Waals surface area contributed by atoms with Gasteiger partial charge in [-0.2, -0.15) is 4.31 Å². The van der Waals surface area contributed by atoms with Crippen molar-refractivity contribution in [2.24, 2.45) is 0 Å². The van der Waals surface area contributed by atoms with Crippen LogP contribution >= 0.6 is 0 Å². The highest BCUT2D eigenvalue weighted by Gasteiger charge is 2.60. The van der Waals surface area contributed by atoms with Crippen molar-refractivity contribution < 1.29 is 17.9 Å².